The third kappa shape index (κ3) is 5.65. The van der Waals surface area contributed by atoms with Gasteiger partial charge in [0.25, 0.3) is 5.91 Å². The molecule has 1 N–H and O–H groups in total. The van der Waals surface area contributed by atoms with Crippen molar-refractivity contribution in [1.29, 1.82) is 5.26 Å². The van der Waals surface area contributed by atoms with E-state index in [1.165, 1.54) is 11.3 Å². The average molecular weight is 333 g/mol. The van der Waals surface area contributed by atoms with Gasteiger partial charge in [0.2, 0.25) is 0 Å². The van der Waals surface area contributed by atoms with Gasteiger partial charge < -0.3 is 14.8 Å². The van der Waals surface area contributed by atoms with Gasteiger partial charge in [-0.2, -0.15) is 5.26 Å². The summed E-state index contributed by atoms with van der Waals surface area (Å²) in [4.78, 5) is 27.1. The molecule has 2 rings (SSSR count). The summed E-state index contributed by atoms with van der Waals surface area (Å²) in [6, 6.07) is 9.62. The molecule has 120 valence electrons. The van der Waals surface area contributed by atoms with Crippen molar-refractivity contribution in [3.8, 4) is 6.07 Å². The monoisotopic (exact) mass is 333 g/mol. The quantitative estimate of drug-likeness (QED) is 0.578. The fourth-order valence-electron chi connectivity index (χ4n) is 1.70. The lowest BCUT2D eigenvalue weighted by molar-refractivity contribution is -0.153. The van der Waals surface area contributed by atoms with Gasteiger partial charge in [0, 0.05) is 6.54 Å². The number of nitriles is 1. The normalized spacial score (nSPS) is 10.2. The lowest BCUT2D eigenvalue weighted by atomic mass is 10.3. The van der Waals surface area contributed by atoms with Crippen LogP contribution in [-0.4, -0.2) is 36.6 Å². The zero-order valence-electron chi connectivity index (χ0n) is 12.3. The van der Waals surface area contributed by atoms with Crippen LogP contribution in [0.4, 0.5) is 0 Å². The molecule has 1 aromatic carbocycles. The Hall–Kier alpha value is -2.50. The fraction of sp³-hybridized carbons (Fsp3) is 0.333. The van der Waals surface area contributed by atoms with E-state index in [0.717, 1.165) is 15.2 Å². The minimum atomic E-state index is -0.624. The minimum absolute atomic E-state index is 0.211. The van der Waals surface area contributed by atoms with Gasteiger partial charge in [0.05, 0.1) is 29.3 Å². The molecule has 2 aromatic rings. The molecule has 0 saturated heterocycles. The summed E-state index contributed by atoms with van der Waals surface area (Å²) in [5.74, 6) is -1.07. The smallest absolute Gasteiger partial charge is 0.332 e. The second-order valence-electron chi connectivity index (χ2n) is 4.49. The molecule has 1 heterocycles. The number of amides is 1. The van der Waals surface area contributed by atoms with E-state index in [-0.39, 0.29) is 32.8 Å². The summed E-state index contributed by atoms with van der Waals surface area (Å²) in [6.07, 6.45) is 0.213. The molecule has 0 saturated carbocycles. The SMILES string of the molecule is N#CCCNC(=O)COC(=O)COCc1nc2ccccc2s1. The van der Waals surface area contributed by atoms with Gasteiger partial charge in [-0.25, -0.2) is 9.78 Å². The highest BCUT2D eigenvalue weighted by Crippen LogP contribution is 2.21. The third-order valence-corrected chi connectivity index (χ3v) is 3.72. The predicted octanol–water partition coefficient (Wildman–Crippen LogP) is 1.39. The van der Waals surface area contributed by atoms with Crippen LogP contribution in [0.2, 0.25) is 0 Å². The Morgan fingerprint density at radius 2 is 2.13 bits per heavy atom. The molecule has 23 heavy (non-hydrogen) atoms. The molecule has 0 fully saturated rings. The number of carbonyl (C=O) groups excluding carboxylic acids is 2. The minimum Gasteiger partial charge on any atom is -0.454 e. The molecule has 0 aliphatic carbocycles. The summed E-state index contributed by atoms with van der Waals surface area (Å²) < 4.78 is 11.1. The van der Waals surface area contributed by atoms with Crippen molar-refractivity contribution in [1.82, 2.24) is 10.3 Å². The number of rotatable bonds is 8. The fourth-order valence-corrected chi connectivity index (χ4v) is 2.60. The highest BCUT2D eigenvalue weighted by atomic mass is 32.1. The standard InChI is InChI=1S/C15H15N3O4S/c16-6-3-7-17-13(19)8-22-15(20)10-21-9-14-18-11-4-1-2-5-12(11)23-14/h1-2,4-5H,3,7-10H2,(H,17,19). The van der Waals surface area contributed by atoms with Crippen LogP contribution >= 0.6 is 11.3 Å². The number of para-hydroxylation sites is 1. The van der Waals surface area contributed by atoms with Crippen molar-refractivity contribution in [3.63, 3.8) is 0 Å². The molecule has 1 aromatic heterocycles. The largest absolute Gasteiger partial charge is 0.454 e. The highest BCUT2D eigenvalue weighted by molar-refractivity contribution is 7.18. The van der Waals surface area contributed by atoms with Crippen LogP contribution in [0.1, 0.15) is 11.4 Å². The number of benzene rings is 1. The summed E-state index contributed by atoms with van der Waals surface area (Å²) in [5, 5.41) is 11.5. The molecule has 0 aliphatic heterocycles. The van der Waals surface area contributed by atoms with E-state index in [1.807, 2.05) is 30.3 Å². The van der Waals surface area contributed by atoms with Crippen LogP contribution in [0.3, 0.4) is 0 Å². The van der Waals surface area contributed by atoms with E-state index in [2.05, 4.69) is 10.3 Å². The number of nitrogens with zero attached hydrogens (tertiary/aromatic N) is 2. The zero-order valence-corrected chi connectivity index (χ0v) is 13.1. The van der Waals surface area contributed by atoms with Gasteiger partial charge in [-0.05, 0) is 12.1 Å². The molecular weight excluding hydrogens is 318 g/mol. The molecule has 0 aliphatic rings. The van der Waals surface area contributed by atoms with Crippen LogP contribution in [0.15, 0.2) is 24.3 Å². The van der Waals surface area contributed by atoms with E-state index in [0.29, 0.717) is 0 Å². The molecule has 0 radical (unpaired) electrons. The number of nitrogens with one attached hydrogen (secondary N) is 1. The molecule has 8 heteroatoms. The molecule has 0 atom stereocenters. The first kappa shape index (κ1) is 16.9. The second-order valence-corrected chi connectivity index (χ2v) is 5.60. The van der Waals surface area contributed by atoms with Crippen molar-refractivity contribution in [2.24, 2.45) is 0 Å². The number of carbonyl (C=O) groups is 2. The summed E-state index contributed by atoms with van der Waals surface area (Å²) in [7, 11) is 0. The van der Waals surface area contributed by atoms with Crippen LogP contribution < -0.4 is 5.32 Å². The van der Waals surface area contributed by atoms with E-state index in [1.54, 1.807) is 0 Å². The van der Waals surface area contributed by atoms with Crippen LogP contribution in [0.5, 0.6) is 0 Å². The number of aromatic nitrogens is 1. The Labute approximate surface area is 136 Å². The number of ether oxygens (including phenoxy) is 2. The van der Waals surface area contributed by atoms with Crippen molar-refractivity contribution in [2.45, 2.75) is 13.0 Å². The average Bonchev–Trinajstić information content (AvgIpc) is 2.96. The Morgan fingerprint density at radius 1 is 1.30 bits per heavy atom. The number of fused-ring (bicyclic) bond motifs is 1. The maximum Gasteiger partial charge on any atom is 0.332 e. The van der Waals surface area contributed by atoms with Crippen molar-refractivity contribution in [2.75, 3.05) is 19.8 Å². The van der Waals surface area contributed by atoms with Crippen LogP contribution in [0, 0.1) is 11.3 Å². The van der Waals surface area contributed by atoms with Gasteiger partial charge >= 0.3 is 5.97 Å². The zero-order chi connectivity index (χ0) is 16.5. The third-order valence-electron chi connectivity index (χ3n) is 2.71. The molecular formula is C15H15N3O4S. The van der Waals surface area contributed by atoms with Gasteiger partial charge in [-0.3, -0.25) is 4.79 Å². The van der Waals surface area contributed by atoms with Gasteiger partial charge in [-0.1, -0.05) is 12.1 Å². The lowest BCUT2D eigenvalue weighted by Gasteiger charge is -2.05. The molecule has 0 bridgehead atoms. The molecule has 7 nitrogen and oxygen atoms in total. The maximum absolute atomic E-state index is 11.4. The lowest BCUT2D eigenvalue weighted by Crippen LogP contribution is -2.30. The van der Waals surface area contributed by atoms with E-state index in [9.17, 15) is 9.59 Å². The molecule has 0 spiro atoms. The molecule has 0 unspecified atom stereocenters. The Bertz CT molecular complexity index is 690. The van der Waals surface area contributed by atoms with Crippen molar-refractivity contribution >= 4 is 33.4 Å². The first-order valence-electron chi connectivity index (χ1n) is 6.90. The number of hydrogen-bond donors (Lipinski definition) is 1. The Balaban J connectivity index is 1.64. The topological polar surface area (TPSA) is 101 Å². The molecule has 1 amide bonds. The Kier molecular flexibility index (Phi) is 6.47. The van der Waals surface area contributed by atoms with E-state index < -0.39 is 11.9 Å². The van der Waals surface area contributed by atoms with Crippen LogP contribution in [0.25, 0.3) is 10.2 Å². The summed E-state index contributed by atoms with van der Waals surface area (Å²) in [6.45, 7) is -0.181. The van der Waals surface area contributed by atoms with E-state index in [4.69, 9.17) is 14.7 Å². The predicted molar refractivity (Wildman–Crippen MR) is 83.5 cm³/mol. The maximum atomic E-state index is 11.4. The van der Waals surface area contributed by atoms with Gasteiger partial charge in [0.1, 0.15) is 11.6 Å². The van der Waals surface area contributed by atoms with Gasteiger partial charge in [-0.15, -0.1) is 11.3 Å². The first-order chi connectivity index (χ1) is 11.2. The van der Waals surface area contributed by atoms with Gasteiger partial charge in [0.15, 0.2) is 6.61 Å². The van der Waals surface area contributed by atoms with Crippen LogP contribution in [-0.2, 0) is 25.7 Å². The second kappa shape index (κ2) is 8.82. The Morgan fingerprint density at radius 3 is 2.91 bits per heavy atom. The van der Waals surface area contributed by atoms with E-state index >= 15 is 0 Å². The highest BCUT2D eigenvalue weighted by Gasteiger charge is 2.09. The summed E-state index contributed by atoms with van der Waals surface area (Å²) >= 11 is 1.50. The van der Waals surface area contributed by atoms with Crippen molar-refractivity contribution < 1.29 is 19.1 Å². The number of esters is 1. The number of thiazole rings is 1. The summed E-state index contributed by atoms with van der Waals surface area (Å²) in [5.41, 5.74) is 0.896. The number of hydrogen-bond acceptors (Lipinski definition) is 7. The first-order valence-corrected chi connectivity index (χ1v) is 7.72. The van der Waals surface area contributed by atoms with Crippen molar-refractivity contribution in [3.05, 3.63) is 29.3 Å².